The fraction of sp³-hybridized carbons (Fsp3) is 0.407. The number of aromatic nitrogens is 2. The molecule has 2 aromatic carbocycles. The predicted molar refractivity (Wildman–Crippen MR) is 142 cm³/mol. The summed E-state index contributed by atoms with van der Waals surface area (Å²) in [6.45, 7) is 2.34. The molecule has 1 aromatic heterocycles. The molecule has 0 saturated heterocycles. The maximum Gasteiger partial charge on any atom is 0.407 e. The third-order valence-electron chi connectivity index (χ3n) is 6.53. The molecule has 10 heteroatoms. The first-order chi connectivity index (χ1) is 17.8. The normalized spacial score (nSPS) is 17.2. The Balaban J connectivity index is 1.48. The zero-order valence-corrected chi connectivity index (χ0v) is 22.6. The number of nitrogens with zero attached hydrogens (tertiary/aromatic N) is 2. The second-order valence-corrected chi connectivity index (χ2v) is 11.6. The molecule has 1 aliphatic rings. The number of nitrogens with one attached hydrogen (secondary N) is 1. The van der Waals surface area contributed by atoms with E-state index in [2.05, 4.69) is 16.4 Å². The molecule has 37 heavy (non-hydrogen) atoms. The van der Waals surface area contributed by atoms with Crippen molar-refractivity contribution >= 4 is 27.5 Å². The Kier molecular flexibility index (Phi) is 8.76. The second kappa shape index (κ2) is 12.0. The molecular weight excluding hydrogens is 514 g/mol. The first kappa shape index (κ1) is 27.0. The molecule has 0 saturated carbocycles. The Hall–Kier alpha value is -3.04. The van der Waals surface area contributed by atoms with Gasteiger partial charge < -0.3 is 19.4 Å². The molecule has 1 aliphatic carbocycles. The van der Waals surface area contributed by atoms with Gasteiger partial charge in [-0.2, -0.15) is 0 Å². The Bertz CT molecular complexity index is 1340. The third-order valence-corrected chi connectivity index (χ3v) is 8.57. The number of sulfone groups is 1. The lowest BCUT2D eigenvalue weighted by atomic mass is 9.76. The third kappa shape index (κ3) is 6.84. The zero-order chi connectivity index (χ0) is 26.4. The van der Waals surface area contributed by atoms with Crippen LogP contribution in [0.3, 0.4) is 0 Å². The van der Waals surface area contributed by atoms with Gasteiger partial charge >= 0.3 is 6.09 Å². The van der Waals surface area contributed by atoms with Crippen molar-refractivity contribution in [1.82, 2.24) is 14.9 Å². The van der Waals surface area contributed by atoms with Gasteiger partial charge in [-0.15, -0.1) is 0 Å². The van der Waals surface area contributed by atoms with Gasteiger partial charge in [0.1, 0.15) is 5.75 Å². The lowest BCUT2D eigenvalue weighted by Gasteiger charge is -2.34. The van der Waals surface area contributed by atoms with Crippen LogP contribution in [0, 0.1) is 0 Å². The summed E-state index contributed by atoms with van der Waals surface area (Å²) in [4.78, 5) is 16.2. The molecule has 0 radical (unpaired) electrons. The molecule has 2 atom stereocenters. The molecule has 0 bridgehead atoms. The molecule has 0 spiro atoms. The lowest BCUT2D eigenvalue weighted by Crippen LogP contribution is -2.43. The predicted octanol–water partition coefficient (Wildman–Crippen LogP) is 4.70. The van der Waals surface area contributed by atoms with Gasteiger partial charge in [0.25, 0.3) is 0 Å². The second-order valence-electron chi connectivity index (χ2n) is 9.17. The van der Waals surface area contributed by atoms with Crippen LogP contribution in [0.4, 0.5) is 4.79 Å². The Morgan fingerprint density at radius 1 is 1.24 bits per heavy atom. The minimum Gasteiger partial charge on any atom is -0.494 e. The van der Waals surface area contributed by atoms with Crippen LogP contribution in [-0.4, -0.2) is 49.1 Å². The fourth-order valence-corrected chi connectivity index (χ4v) is 6.16. The molecule has 8 nitrogen and oxygen atoms in total. The van der Waals surface area contributed by atoms with Crippen LogP contribution in [0.2, 0.25) is 5.02 Å². The number of ether oxygens (including phenoxy) is 2. The van der Waals surface area contributed by atoms with Crippen LogP contribution >= 0.6 is 11.6 Å². The highest BCUT2D eigenvalue weighted by molar-refractivity contribution is 7.91. The van der Waals surface area contributed by atoms with E-state index < -0.39 is 15.9 Å². The van der Waals surface area contributed by atoms with E-state index in [1.54, 1.807) is 18.5 Å². The summed E-state index contributed by atoms with van der Waals surface area (Å²) in [5, 5.41) is 3.80. The van der Waals surface area contributed by atoms with Crippen molar-refractivity contribution in [2.45, 2.75) is 49.6 Å². The summed E-state index contributed by atoms with van der Waals surface area (Å²) in [5.74, 6) is 0.589. The van der Waals surface area contributed by atoms with Crippen LogP contribution in [-0.2, 0) is 34.5 Å². The van der Waals surface area contributed by atoms with E-state index in [9.17, 15) is 13.2 Å². The number of aryl methyl sites for hydroxylation is 2. The van der Waals surface area contributed by atoms with Gasteiger partial charge in [0, 0.05) is 30.2 Å². The SMILES string of the molecule is CCOC(=O)NC1CCc2ccc(OCCCS(=O)(=O)c3cn(C)cn3)cc2C1Cc1ccccc1Cl. The van der Waals surface area contributed by atoms with Gasteiger partial charge in [-0.25, -0.2) is 18.2 Å². The topological polar surface area (TPSA) is 99.5 Å². The highest BCUT2D eigenvalue weighted by Crippen LogP contribution is 2.38. The number of carbonyl (C=O) groups is 1. The summed E-state index contributed by atoms with van der Waals surface area (Å²) in [5.41, 5.74) is 3.29. The van der Waals surface area contributed by atoms with E-state index in [1.165, 1.54) is 18.1 Å². The quantitative estimate of drug-likeness (QED) is 0.371. The molecule has 1 amide bonds. The summed E-state index contributed by atoms with van der Waals surface area (Å²) < 4.78 is 37.7. The van der Waals surface area contributed by atoms with Crippen molar-refractivity contribution in [1.29, 1.82) is 0 Å². The van der Waals surface area contributed by atoms with Crippen LogP contribution in [0.5, 0.6) is 5.75 Å². The first-order valence-electron chi connectivity index (χ1n) is 12.4. The maximum atomic E-state index is 12.5. The molecule has 4 rings (SSSR count). The Labute approximate surface area is 222 Å². The number of imidazole rings is 1. The number of fused-ring (bicyclic) bond motifs is 1. The van der Waals surface area contributed by atoms with Crippen molar-refractivity contribution in [3.63, 3.8) is 0 Å². The standard InChI is InChI=1S/C27H32ClN3O5S/c1-3-35-27(32)30-25-12-10-19-9-11-21(16-22(19)23(25)15-20-7-4-5-8-24(20)28)36-13-6-14-37(33,34)26-17-31(2)18-29-26/h4-5,7-9,11,16-18,23,25H,3,6,10,12-15H2,1-2H3,(H,30,32). The maximum absolute atomic E-state index is 12.5. The van der Waals surface area contributed by atoms with Crippen LogP contribution in [0.15, 0.2) is 60.0 Å². The van der Waals surface area contributed by atoms with E-state index >= 15 is 0 Å². The fourth-order valence-electron chi connectivity index (χ4n) is 4.71. The summed E-state index contributed by atoms with van der Waals surface area (Å²) >= 11 is 6.48. The average Bonchev–Trinajstić information content (AvgIpc) is 3.32. The highest BCUT2D eigenvalue weighted by atomic mass is 35.5. The van der Waals surface area contributed by atoms with Gasteiger partial charge in [0.2, 0.25) is 0 Å². The van der Waals surface area contributed by atoms with Crippen molar-refractivity contribution in [3.8, 4) is 5.75 Å². The van der Waals surface area contributed by atoms with Crippen LogP contribution < -0.4 is 10.1 Å². The number of hydrogen-bond acceptors (Lipinski definition) is 6. The van der Waals surface area contributed by atoms with Crippen molar-refractivity contribution < 1.29 is 22.7 Å². The minimum atomic E-state index is -3.46. The number of benzene rings is 2. The van der Waals surface area contributed by atoms with Gasteiger partial charge in [-0.3, -0.25) is 0 Å². The van der Waals surface area contributed by atoms with E-state index in [1.807, 2.05) is 36.4 Å². The molecule has 1 N–H and O–H groups in total. The van der Waals surface area contributed by atoms with Crippen molar-refractivity contribution in [2.75, 3.05) is 19.0 Å². The Morgan fingerprint density at radius 2 is 2.05 bits per heavy atom. The molecule has 2 unspecified atom stereocenters. The number of halogens is 1. The number of rotatable bonds is 10. The van der Waals surface area contributed by atoms with E-state index in [0.29, 0.717) is 30.2 Å². The van der Waals surface area contributed by atoms with E-state index in [4.69, 9.17) is 21.1 Å². The number of carbonyl (C=O) groups excluding carboxylic acids is 1. The van der Waals surface area contributed by atoms with Gasteiger partial charge in [0.05, 0.1) is 25.3 Å². The largest absolute Gasteiger partial charge is 0.494 e. The number of hydrogen-bond donors (Lipinski definition) is 1. The highest BCUT2D eigenvalue weighted by Gasteiger charge is 2.32. The van der Waals surface area contributed by atoms with Crippen molar-refractivity contribution in [3.05, 3.63) is 76.7 Å². The van der Waals surface area contributed by atoms with Crippen molar-refractivity contribution in [2.24, 2.45) is 7.05 Å². The van der Waals surface area contributed by atoms with Gasteiger partial charge in [-0.1, -0.05) is 35.9 Å². The van der Waals surface area contributed by atoms with E-state index in [-0.39, 0.29) is 29.3 Å². The van der Waals surface area contributed by atoms with E-state index in [0.717, 1.165) is 24.0 Å². The molecule has 0 fully saturated rings. The smallest absolute Gasteiger partial charge is 0.407 e. The molecule has 0 aliphatic heterocycles. The first-order valence-corrected chi connectivity index (χ1v) is 14.4. The molecular formula is C27H32ClN3O5S. The summed E-state index contributed by atoms with van der Waals surface area (Å²) in [7, 11) is -1.72. The molecule has 3 aromatic rings. The van der Waals surface area contributed by atoms with Gasteiger partial charge in [-0.05, 0) is 67.5 Å². The molecule has 198 valence electrons. The number of alkyl carbamates (subject to hydrolysis) is 1. The zero-order valence-electron chi connectivity index (χ0n) is 21.0. The number of amides is 1. The Morgan fingerprint density at radius 3 is 2.78 bits per heavy atom. The molecule has 1 heterocycles. The van der Waals surface area contributed by atoms with Crippen LogP contribution in [0.1, 0.15) is 42.4 Å². The van der Waals surface area contributed by atoms with Gasteiger partial charge in [0.15, 0.2) is 14.9 Å². The van der Waals surface area contributed by atoms with Crippen LogP contribution in [0.25, 0.3) is 0 Å². The summed E-state index contributed by atoms with van der Waals surface area (Å²) in [6, 6.07) is 13.6. The summed E-state index contributed by atoms with van der Waals surface area (Å²) in [6.07, 6.45) is 5.13. The monoisotopic (exact) mass is 545 g/mol. The lowest BCUT2D eigenvalue weighted by molar-refractivity contribution is 0.144. The average molecular weight is 546 g/mol. The minimum absolute atomic E-state index is 0.0267.